The number of nitrogens with zero attached hydrogens (tertiary/aromatic N) is 3. The Labute approximate surface area is 250 Å². The molecule has 1 amide bonds. The summed E-state index contributed by atoms with van der Waals surface area (Å²) >= 11 is 0. The van der Waals surface area contributed by atoms with Gasteiger partial charge in [0, 0.05) is 7.98 Å². The highest BCUT2D eigenvalue weighted by Gasteiger charge is 2.50. The van der Waals surface area contributed by atoms with Gasteiger partial charge in [-0.3, -0.25) is 4.79 Å². The Morgan fingerprint density at radius 1 is 0.952 bits per heavy atom. The zero-order valence-electron chi connectivity index (χ0n) is 26.2. The molecule has 9 nitrogen and oxygen atoms in total. The van der Waals surface area contributed by atoms with Gasteiger partial charge in [-0.2, -0.15) is 9.78 Å². The molecule has 0 aliphatic heterocycles. The Bertz CT molecular complexity index is 1490. The zero-order chi connectivity index (χ0) is 31.3. The second kappa shape index (κ2) is 12.6. The summed E-state index contributed by atoms with van der Waals surface area (Å²) in [6, 6.07) is 23.3. The monoisotopic (exact) mass is 588 g/mol. The molecule has 0 saturated carbocycles. The van der Waals surface area contributed by atoms with Gasteiger partial charge in [-0.15, -0.1) is 0 Å². The van der Waals surface area contributed by atoms with Crippen molar-refractivity contribution in [1.82, 2.24) is 20.1 Å². The molecule has 0 unspecified atom stereocenters. The van der Waals surface area contributed by atoms with Gasteiger partial charge in [0.05, 0.1) is 17.8 Å². The van der Waals surface area contributed by atoms with E-state index in [4.69, 9.17) is 10.5 Å². The van der Waals surface area contributed by atoms with Crippen LogP contribution in [0.1, 0.15) is 49.3 Å². The van der Waals surface area contributed by atoms with Gasteiger partial charge < -0.3 is 19.8 Å². The van der Waals surface area contributed by atoms with E-state index in [1.54, 1.807) is 32.9 Å². The first-order valence-electron chi connectivity index (χ1n) is 14.7. The number of aromatic nitrogens is 3. The van der Waals surface area contributed by atoms with Crippen LogP contribution in [-0.2, 0) is 14.0 Å². The minimum absolute atomic E-state index is 0.133. The molecule has 2 N–H and O–H groups in total. The van der Waals surface area contributed by atoms with Crippen LogP contribution in [0.2, 0.25) is 5.04 Å². The van der Waals surface area contributed by atoms with Gasteiger partial charge in [-0.1, -0.05) is 81.4 Å². The molecule has 0 fully saturated rings. The van der Waals surface area contributed by atoms with Crippen molar-refractivity contribution in [3.63, 3.8) is 0 Å². The smallest absolute Gasteiger partial charge is 0.435 e. The molecular weight excluding hydrogens is 546 g/mol. The molecule has 2 aromatic heterocycles. The average Bonchev–Trinajstić information content (AvgIpc) is 3.38. The number of ether oxygens (including phenoxy) is 1. The van der Waals surface area contributed by atoms with Gasteiger partial charge in [0.1, 0.15) is 16.9 Å². The number of anilines is 1. The van der Waals surface area contributed by atoms with Crippen LogP contribution >= 0.6 is 0 Å². The standard InChI is InChI=1S/C32H41N5O4Si/c1-31(2,3)41-30(39)37-27-18-19-28(35-26(27)22-34-37)36-29(38)25(33-7)20-21-40-42(32(4,5)6,23-14-10-8-11-15-23)24-16-12-9-13-17-24/h8-19,22,25,33H,20-21H2,1-7H3,(H,35,36,38)/t25-/m0/s1/i7D. The quantitative estimate of drug-likeness (QED) is 0.273. The van der Waals surface area contributed by atoms with Crippen LogP contribution in [-0.4, -0.2) is 60.4 Å². The number of fused-ring (bicyclic) bond motifs is 1. The highest BCUT2D eigenvalue weighted by molar-refractivity contribution is 6.99. The highest BCUT2D eigenvalue weighted by atomic mass is 28.4. The van der Waals surface area contributed by atoms with Crippen LogP contribution in [0.5, 0.6) is 0 Å². The fourth-order valence-electron chi connectivity index (χ4n) is 5.07. The number of rotatable bonds is 9. The summed E-state index contributed by atoms with van der Waals surface area (Å²) in [5.41, 5.74) is 0.229. The SMILES string of the molecule is [2H]CN[C@@H](CCO[Si](c1ccccc1)(c1ccccc1)C(C)(C)C)C(=O)Nc1ccc2c(cnn2C(=O)OC(C)(C)C)n1. The van der Waals surface area contributed by atoms with Gasteiger partial charge in [0.2, 0.25) is 5.91 Å². The van der Waals surface area contributed by atoms with Crippen molar-refractivity contribution >= 4 is 47.5 Å². The Balaban J connectivity index is 1.51. The number of likely N-dealkylation sites (N-methyl/N-ethyl adjacent to an activating group) is 1. The molecule has 10 heteroatoms. The molecule has 0 saturated heterocycles. The van der Waals surface area contributed by atoms with Crippen LogP contribution in [0, 0.1) is 0 Å². The van der Waals surface area contributed by atoms with Crippen molar-refractivity contribution in [2.75, 3.05) is 18.9 Å². The molecule has 1 atom stereocenters. The first-order valence-corrected chi connectivity index (χ1v) is 15.9. The molecule has 4 rings (SSSR count). The number of amides is 1. The first-order chi connectivity index (χ1) is 20.4. The molecule has 2 aromatic carbocycles. The lowest BCUT2D eigenvalue weighted by atomic mass is 10.2. The second-order valence-corrected chi connectivity index (χ2v) is 16.5. The van der Waals surface area contributed by atoms with Crippen molar-refractivity contribution in [2.45, 2.75) is 64.6 Å². The summed E-state index contributed by atoms with van der Waals surface area (Å²) in [5.74, 6) is -0.0180. The minimum Gasteiger partial charge on any atom is -0.442 e. The predicted molar refractivity (Wildman–Crippen MR) is 169 cm³/mol. The van der Waals surface area contributed by atoms with Gasteiger partial charge in [-0.25, -0.2) is 9.78 Å². The summed E-state index contributed by atoms with van der Waals surface area (Å²) in [6.07, 6.45) is 1.20. The molecule has 0 aliphatic rings. The van der Waals surface area contributed by atoms with E-state index in [2.05, 4.69) is 65.8 Å². The molecule has 2 heterocycles. The van der Waals surface area contributed by atoms with E-state index in [1.807, 2.05) is 36.4 Å². The third-order valence-electron chi connectivity index (χ3n) is 6.95. The number of pyridine rings is 1. The van der Waals surface area contributed by atoms with E-state index in [0.717, 1.165) is 15.1 Å². The maximum absolute atomic E-state index is 13.4. The molecule has 0 spiro atoms. The fraction of sp³-hybridized carbons (Fsp3) is 0.375. The van der Waals surface area contributed by atoms with Crippen LogP contribution in [0.15, 0.2) is 79.0 Å². The largest absolute Gasteiger partial charge is 0.442 e. The third kappa shape index (κ3) is 6.78. The third-order valence-corrected chi connectivity index (χ3v) is 12.0. The first kappa shape index (κ1) is 29.6. The number of hydrogen-bond donors (Lipinski definition) is 2. The molecule has 42 heavy (non-hydrogen) atoms. The number of nitrogens with one attached hydrogen (secondary N) is 2. The van der Waals surface area contributed by atoms with Gasteiger partial charge in [0.15, 0.2) is 0 Å². The molecule has 222 valence electrons. The summed E-state index contributed by atoms with van der Waals surface area (Å²) < 4.78 is 21.3. The number of carbonyl (C=O) groups is 2. The van der Waals surface area contributed by atoms with Gasteiger partial charge in [-0.05, 0) is 61.8 Å². The van der Waals surface area contributed by atoms with Crippen LogP contribution in [0.3, 0.4) is 0 Å². The molecular formula is C32H41N5O4Si. The number of benzene rings is 2. The summed E-state index contributed by atoms with van der Waals surface area (Å²) in [7, 11) is -2.90. The highest BCUT2D eigenvalue weighted by Crippen LogP contribution is 2.36. The minimum atomic E-state index is -2.77. The van der Waals surface area contributed by atoms with Crippen LogP contribution < -0.4 is 21.0 Å². The topological polar surface area (TPSA) is 107 Å². The van der Waals surface area contributed by atoms with Crippen molar-refractivity contribution in [1.29, 1.82) is 0 Å². The van der Waals surface area contributed by atoms with E-state index in [0.29, 0.717) is 29.9 Å². The average molecular weight is 589 g/mol. The van der Waals surface area contributed by atoms with Gasteiger partial charge in [0.25, 0.3) is 8.32 Å². The van der Waals surface area contributed by atoms with Crippen molar-refractivity contribution in [3.8, 4) is 0 Å². The number of carbonyl (C=O) groups excluding carboxylic acids is 2. The molecule has 0 bridgehead atoms. The lowest BCUT2D eigenvalue weighted by molar-refractivity contribution is -0.118. The maximum Gasteiger partial charge on any atom is 0.435 e. The maximum atomic E-state index is 13.4. The Kier molecular flexibility index (Phi) is 8.86. The molecule has 0 radical (unpaired) electrons. The van der Waals surface area contributed by atoms with Crippen molar-refractivity contribution in [3.05, 3.63) is 79.0 Å². The van der Waals surface area contributed by atoms with E-state index in [1.165, 1.54) is 6.20 Å². The summed E-state index contributed by atoms with van der Waals surface area (Å²) in [4.78, 5) is 30.4. The Morgan fingerprint density at radius 3 is 2.12 bits per heavy atom. The Morgan fingerprint density at radius 2 is 1.57 bits per heavy atom. The lowest BCUT2D eigenvalue weighted by Gasteiger charge is -2.43. The second-order valence-electron chi connectivity index (χ2n) is 12.2. The summed E-state index contributed by atoms with van der Waals surface area (Å²) in [6.45, 7) is 12.3. The van der Waals surface area contributed by atoms with E-state index >= 15 is 0 Å². The fourth-order valence-corrected chi connectivity index (χ4v) is 9.65. The lowest BCUT2D eigenvalue weighted by Crippen LogP contribution is -2.66. The van der Waals surface area contributed by atoms with Crippen LogP contribution in [0.4, 0.5) is 10.6 Å². The van der Waals surface area contributed by atoms with Crippen LogP contribution in [0.25, 0.3) is 11.0 Å². The van der Waals surface area contributed by atoms with E-state index in [9.17, 15) is 9.59 Å². The van der Waals surface area contributed by atoms with Crippen molar-refractivity contribution in [2.24, 2.45) is 0 Å². The zero-order valence-corrected chi connectivity index (χ0v) is 26.2. The van der Waals surface area contributed by atoms with E-state index < -0.39 is 26.1 Å². The van der Waals surface area contributed by atoms with E-state index in [-0.39, 0.29) is 18.0 Å². The predicted octanol–water partition coefficient (Wildman–Crippen LogP) is 4.71. The molecule has 4 aromatic rings. The summed E-state index contributed by atoms with van der Waals surface area (Å²) in [5, 5.41) is 12.1. The number of hydrogen-bond acceptors (Lipinski definition) is 7. The Hall–Kier alpha value is -3.86. The van der Waals surface area contributed by atoms with Crippen molar-refractivity contribution < 1.29 is 20.1 Å². The molecule has 0 aliphatic carbocycles. The normalized spacial score (nSPS) is 13.4. The van der Waals surface area contributed by atoms with Gasteiger partial charge >= 0.3 is 6.09 Å².